The van der Waals surface area contributed by atoms with Crippen molar-refractivity contribution in [1.82, 2.24) is 10.3 Å². The molecule has 0 aliphatic carbocycles. The van der Waals surface area contributed by atoms with E-state index in [9.17, 15) is 4.79 Å². The fourth-order valence-corrected chi connectivity index (χ4v) is 1.34. The van der Waals surface area contributed by atoms with Crippen LogP contribution in [0.15, 0.2) is 35.7 Å². The lowest BCUT2D eigenvalue weighted by Gasteiger charge is -2.21. The Labute approximate surface area is 88.4 Å². The Hall–Kier alpha value is -1.68. The van der Waals surface area contributed by atoms with Crippen molar-refractivity contribution in [1.29, 1.82) is 0 Å². The van der Waals surface area contributed by atoms with E-state index in [2.05, 4.69) is 15.6 Å². The molecular weight excluding hydrogens is 190 g/mol. The quantitative estimate of drug-likeness (QED) is 0.703. The number of hydrogen-bond acceptors (Lipinski definition) is 3. The van der Waals surface area contributed by atoms with Gasteiger partial charge in [-0.1, -0.05) is 0 Å². The summed E-state index contributed by atoms with van der Waals surface area (Å²) >= 11 is 0. The Morgan fingerprint density at radius 3 is 2.87 bits per heavy atom. The maximum atomic E-state index is 11.7. The van der Waals surface area contributed by atoms with Crippen molar-refractivity contribution in [3.8, 4) is 0 Å². The highest BCUT2D eigenvalue weighted by molar-refractivity contribution is 6.03. The molecule has 1 fully saturated rings. The molecule has 1 amide bonds. The van der Waals surface area contributed by atoms with Crippen molar-refractivity contribution in [3.63, 3.8) is 0 Å². The van der Waals surface area contributed by atoms with Crippen molar-refractivity contribution in [3.05, 3.63) is 35.7 Å². The molecule has 0 bridgehead atoms. The monoisotopic (exact) mass is 203 g/mol. The molecule has 0 unspecified atom stereocenters. The minimum Gasteiger partial charge on any atom is -0.321 e. The zero-order valence-electron chi connectivity index (χ0n) is 8.58. The van der Waals surface area contributed by atoms with E-state index in [0.717, 1.165) is 24.4 Å². The summed E-state index contributed by atoms with van der Waals surface area (Å²) in [5.41, 5.74) is 2.71. The lowest BCUT2D eigenvalue weighted by molar-refractivity contribution is -0.112. The van der Waals surface area contributed by atoms with E-state index in [1.165, 1.54) is 5.57 Å². The average Bonchev–Trinajstić information content (AvgIpc) is 2.16. The Morgan fingerprint density at radius 2 is 2.33 bits per heavy atom. The second-order valence-electron chi connectivity index (χ2n) is 3.53. The highest BCUT2D eigenvalue weighted by atomic mass is 16.1. The topological polar surface area (TPSA) is 54.0 Å². The van der Waals surface area contributed by atoms with Gasteiger partial charge in [0.15, 0.2) is 0 Å². The van der Waals surface area contributed by atoms with Crippen molar-refractivity contribution < 1.29 is 4.79 Å². The van der Waals surface area contributed by atoms with Crippen LogP contribution in [-0.2, 0) is 4.79 Å². The Balaban J connectivity index is 2.04. The van der Waals surface area contributed by atoms with Crippen LogP contribution < -0.4 is 10.6 Å². The number of nitrogens with zero attached hydrogens (tertiary/aromatic N) is 1. The zero-order chi connectivity index (χ0) is 10.7. The van der Waals surface area contributed by atoms with Gasteiger partial charge in [0.1, 0.15) is 0 Å². The summed E-state index contributed by atoms with van der Waals surface area (Å²) in [4.78, 5) is 15.7. The molecule has 1 aliphatic heterocycles. The van der Waals surface area contributed by atoms with E-state index in [1.54, 1.807) is 18.5 Å². The normalized spacial score (nSPS) is 14.3. The maximum absolute atomic E-state index is 11.7. The summed E-state index contributed by atoms with van der Waals surface area (Å²) in [6.07, 6.45) is 3.31. The fraction of sp³-hybridized carbons (Fsp3) is 0.273. The third kappa shape index (κ3) is 2.22. The highest BCUT2D eigenvalue weighted by Crippen LogP contribution is 2.11. The molecule has 1 aromatic rings. The molecule has 1 saturated heterocycles. The summed E-state index contributed by atoms with van der Waals surface area (Å²) in [6, 6.07) is 3.62. The van der Waals surface area contributed by atoms with E-state index in [-0.39, 0.29) is 5.91 Å². The molecule has 0 radical (unpaired) electrons. The van der Waals surface area contributed by atoms with Gasteiger partial charge in [-0.15, -0.1) is 0 Å². The molecule has 1 aromatic heterocycles. The first-order valence-corrected chi connectivity index (χ1v) is 4.88. The van der Waals surface area contributed by atoms with Crippen molar-refractivity contribution >= 4 is 11.6 Å². The summed E-state index contributed by atoms with van der Waals surface area (Å²) in [5, 5.41) is 5.91. The van der Waals surface area contributed by atoms with Gasteiger partial charge in [-0.3, -0.25) is 9.78 Å². The summed E-state index contributed by atoms with van der Waals surface area (Å²) in [7, 11) is 0. The van der Waals surface area contributed by atoms with E-state index in [0.29, 0.717) is 0 Å². The van der Waals surface area contributed by atoms with Gasteiger partial charge in [-0.2, -0.15) is 0 Å². The van der Waals surface area contributed by atoms with Crippen LogP contribution in [0.4, 0.5) is 5.69 Å². The van der Waals surface area contributed by atoms with Gasteiger partial charge in [0.2, 0.25) is 0 Å². The molecule has 78 valence electrons. The number of hydrogen-bond donors (Lipinski definition) is 2. The van der Waals surface area contributed by atoms with Gasteiger partial charge in [-0.25, -0.2) is 0 Å². The van der Waals surface area contributed by atoms with Gasteiger partial charge in [0.05, 0.1) is 11.9 Å². The molecule has 15 heavy (non-hydrogen) atoms. The third-order valence-corrected chi connectivity index (χ3v) is 2.47. The number of carbonyl (C=O) groups is 1. The van der Waals surface area contributed by atoms with Crippen molar-refractivity contribution in [2.45, 2.75) is 6.92 Å². The van der Waals surface area contributed by atoms with Crippen LogP contribution in [0.1, 0.15) is 6.92 Å². The van der Waals surface area contributed by atoms with Gasteiger partial charge in [0, 0.05) is 24.9 Å². The molecule has 0 spiro atoms. The first kappa shape index (κ1) is 9.86. The SMILES string of the molecule is CC(C(=O)Nc1cccnc1)=C1CNC1. The van der Waals surface area contributed by atoms with E-state index >= 15 is 0 Å². The highest BCUT2D eigenvalue weighted by Gasteiger charge is 2.15. The fourth-order valence-electron chi connectivity index (χ4n) is 1.34. The van der Waals surface area contributed by atoms with Crippen molar-refractivity contribution in [2.24, 2.45) is 0 Å². The Bertz CT molecular complexity index is 392. The van der Waals surface area contributed by atoms with Crippen LogP contribution in [-0.4, -0.2) is 24.0 Å². The summed E-state index contributed by atoms with van der Waals surface area (Å²) < 4.78 is 0. The molecule has 2 heterocycles. The summed E-state index contributed by atoms with van der Waals surface area (Å²) in [6.45, 7) is 3.50. The van der Waals surface area contributed by atoms with Crippen LogP contribution in [0.3, 0.4) is 0 Å². The molecule has 4 nitrogen and oxygen atoms in total. The standard InChI is InChI=1S/C11H13N3O/c1-8(9-5-13-6-9)11(15)14-10-3-2-4-12-7-10/h2-4,7,13H,5-6H2,1H3,(H,14,15). The van der Waals surface area contributed by atoms with Crippen LogP contribution in [0.25, 0.3) is 0 Å². The molecule has 0 atom stereocenters. The predicted molar refractivity (Wildman–Crippen MR) is 58.4 cm³/mol. The number of carbonyl (C=O) groups excluding carboxylic acids is 1. The first-order valence-electron chi connectivity index (χ1n) is 4.88. The van der Waals surface area contributed by atoms with Gasteiger partial charge in [-0.05, 0) is 24.6 Å². The van der Waals surface area contributed by atoms with Crippen molar-refractivity contribution in [2.75, 3.05) is 18.4 Å². The summed E-state index contributed by atoms with van der Waals surface area (Å²) in [5.74, 6) is -0.0421. The van der Waals surface area contributed by atoms with Gasteiger partial charge < -0.3 is 10.6 Å². The molecule has 0 saturated carbocycles. The van der Waals surface area contributed by atoms with E-state index in [4.69, 9.17) is 0 Å². The van der Waals surface area contributed by atoms with Crippen LogP contribution in [0, 0.1) is 0 Å². The maximum Gasteiger partial charge on any atom is 0.251 e. The molecule has 4 heteroatoms. The molecule has 1 aliphatic rings. The first-order chi connectivity index (χ1) is 7.27. The second-order valence-corrected chi connectivity index (χ2v) is 3.53. The number of nitrogens with one attached hydrogen (secondary N) is 2. The second kappa shape index (κ2) is 4.23. The number of aromatic nitrogens is 1. The minimum atomic E-state index is -0.0421. The third-order valence-electron chi connectivity index (χ3n) is 2.47. The largest absolute Gasteiger partial charge is 0.321 e. The number of pyridine rings is 1. The molecule has 2 rings (SSSR count). The number of anilines is 1. The molecular formula is C11H13N3O. The smallest absolute Gasteiger partial charge is 0.251 e. The molecule has 2 N–H and O–H groups in total. The minimum absolute atomic E-state index is 0.0421. The van der Waals surface area contributed by atoms with Crippen LogP contribution in [0.2, 0.25) is 0 Å². The Morgan fingerprint density at radius 1 is 1.53 bits per heavy atom. The Kier molecular flexibility index (Phi) is 2.78. The molecule has 0 aromatic carbocycles. The van der Waals surface area contributed by atoms with Gasteiger partial charge in [0.25, 0.3) is 5.91 Å². The number of rotatable bonds is 2. The van der Waals surface area contributed by atoms with Crippen LogP contribution in [0.5, 0.6) is 0 Å². The number of amides is 1. The van der Waals surface area contributed by atoms with E-state index in [1.807, 2.05) is 13.0 Å². The van der Waals surface area contributed by atoms with Gasteiger partial charge >= 0.3 is 0 Å². The average molecular weight is 203 g/mol. The lowest BCUT2D eigenvalue weighted by Crippen LogP contribution is -2.36. The predicted octanol–water partition coefficient (Wildman–Crippen LogP) is 0.940. The van der Waals surface area contributed by atoms with E-state index < -0.39 is 0 Å². The zero-order valence-corrected chi connectivity index (χ0v) is 8.58. The lowest BCUT2D eigenvalue weighted by atomic mass is 10.0. The van der Waals surface area contributed by atoms with Crippen LogP contribution >= 0.6 is 0 Å².